The number of carbonyl (C=O) groups excluding carboxylic acids is 3. The van der Waals surface area contributed by atoms with Crippen molar-refractivity contribution >= 4 is 74.0 Å². The predicted molar refractivity (Wildman–Crippen MR) is 442 cm³/mol. The Morgan fingerprint density at radius 1 is 0.455 bits per heavy atom. The van der Waals surface area contributed by atoms with Gasteiger partial charge in [0.15, 0.2) is 41.1 Å². The largest absolute Gasteiger partial charge is 0.573 e. The molecule has 11 aromatic rings. The number of ketones is 3. The van der Waals surface area contributed by atoms with Crippen LogP contribution in [0.5, 0.6) is 5.75 Å². The summed E-state index contributed by atoms with van der Waals surface area (Å²) in [5.41, 5.74) is 8.14. The predicted octanol–water partition coefficient (Wildman–Crippen LogP) is 16.8. The standard InChI is InChI=1S/C20H19F3N2O3.2C19H19FN2O2.C16H17N5O2.C16H22N4O2/c21-20(22,23)28-18-4-2-1-3-13(18)11-14-12-17(26)16-5-8-25(19(16)24-14)15-6-9-27-10-7-15;20-14-3-1-13(2-4-14)11-15-12-18(23)17-5-8-22(19(17)21-15)16-6-9-24-10-7-16;20-14-3-1-2-13(10-14)11-15-12-18(23)17-4-7-22(19(17)21-15)16-5-8-24-9-6-16;22-16-12-10-18-21(14-6-2-4-8-23-14)15(12)19-13(20-16)9-11-5-1-3-7-17-11;21-16-12-10-17-20(14-7-3-4-8-22-14)15(12)18-13(19-16)9-11-5-1-2-6-11/h1-5,8,15H,6-7,9-12H2;1-5,8,16H,6-7,9-12H2;1-4,7,10,16H,5-6,8-9,11-12H2;1,3,5,7,10,14H,2,4,6,8-9H2,(H,19,20,22);10-11,14H,1-9H2,(H,18,19,21). The number of halogens is 5. The molecule has 2 N–H and O–H groups in total. The van der Waals surface area contributed by atoms with E-state index in [1.54, 1.807) is 64.4 Å². The zero-order valence-electron chi connectivity index (χ0n) is 67.1. The lowest BCUT2D eigenvalue weighted by Crippen LogP contribution is -2.21. The molecule has 0 radical (unpaired) electrons. The molecule has 5 saturated heterocycles. The molecule has 6 fully saturated rings. The number of aromatic nitrogens is 12. The van der Waals surface area contributed by atoms with Crippen LogP contribution in [0.2, 0.25) is 0 Å². The summed E-state index contributed by atoms with van der Waals surface area (Å²) in [6.07, 6.45) is 25.7. The molecule has 1 saturated carbocycles. The Morgan fingerprint density at radius 2 is 0.926 bits per heavy atom. The van der Waals surface area contributed by atoms with Gasteiger partial charge in [-0.3, -0.25) is 29.0 Å². The van der Waals surface area contributed by atoms with Crippen LogP contribution in [0.1, 0.15) is 218 Å². The molecule has 632 valence electrons. The SMILES string of the molecule is O=C1CC(Cc2ccc(F)cc2)=Nc2c1ccn2C1CCOCC1.O=C1CC(Cc2cccc(F)c2)=Nc2c1ccn2C1CCOCC1.O=C1CC(Cc2ccccc2OC(F)(F)F)=Nc2c1ccn2C1CCOCC1.O=c1[nH]c(CC2CCCC2)nc2c1cnn2C1CCCCO1.O=c1[nH]c(Cc2ccccn2)nc2c1cnn2C1CCCCO1. The third kappa shape index (κ3) is 20.6. The van der Waals surface area contributed by atoms with E-state index < -0.39 is 6.36 Å². The number of fused-ring (bicyclic) bond motifs is 5. The van der Waals surface area contributed by atoms with Crippen LogP contribution in [0, 0.1) is 17.6 Å². The summed E-state index contributed by atoms with van der Waals surface area (Å²) >= 11 is 0. The van der Waals surface area contributed by atoms with Crippen LogP contribution in [0.15, 0.2) is 171 Å². The maximum absolute atomic E-state index is 13.4. The van der Waals surface area contributed by atoms with E-state index in [2.05, 4.69) is 49.0 Å². The zero-order valence-corrected chi connectivity index (χ0v) is 67.1. The van der Waals surface area contributed by atoms with Gasteiger partial charge in [-0.15, -0.1) is 13.2 Å². The molecule has 0 bridgehead atoms. The normalized spacial score (nSPS) is 19.2. The van der Waals surface area contributed by atoms with Crippen LogP contribution in [-0.4, -0.2) is 152 Å². The van der Waals surface area contributed by atoms with E-state index in [1.807, 2.05) is 59.6 Å². The van der Waals surface area contributed by atoms with Crippen molar-refractivity contribution in [1.29, 1.82) is 0 Å². The van der Waals surface area contributed by atoms with E-state index >= 15 is 0 Å². The molecule has 8 aromatic heterocycles. The first-order chi connectivity index (χ1) is 58.9. The lowest BCUT2D eigenvalue weighted by atomic mass is 9.98. The summed E-state index contributed by atoms with van der Waals surface area (Å²) in [7, 11) is 0. The van der Waals surface area contributed by atoms with Crippen LogP contribution in [0.3, 0.4) is 0 Å². The summed E-state index contributed by atoms with van der Waals surface area (Å²) in [5.74, 6) is 3.50. The molecule has 20 rings (SSSR count). The molecular formula is C90H96F5N15O11. The number of para-hydroxylation sites is 1. The third-order valence-electron chi connectivity index (χ3n) is 23.3. The number of nitrogens with zero attached hydrogens (tertiary/aromatic N) is 13. The molecule has 0 amide bonds. The highest BCUT2D eigenvalue weighted by molar-refractivity contribution is 6.17. The van der Waals surface area contributed by atoms with E-state index in [0.717, 1.165) is 169 Å². The number of Topliss-reactive ketones (excluding diaryl/α,β-unsaturated/α-hetero) is 3. The number of H-pyrrole nitrogens is 2. The van der Waals surface area contributed by atoms with Gasteiger partial charge in [0.25, 0.3) is 11.1 Å². The van der Waals surface area contributed by atoms with Crippen molar-refractivity contribution in [2.45, 2.75) is 191 Å². The van der Waals surface area contributed by atoms with Crippen molar-refractivity contribution in [2.24, 2.45) is 20.9 Å². The second-order valence-electron chi connectivity index (χ2n) is 31.9. The molecule has 2 unspecified atom stereocenters. The Morgan fingerprint density at radius 3 is 1.40 bits per heavy atom. The zero-order chi connectivity index (χ0) is 83.4. The van der Waals surface area contributed by atoms with Crippen LogP contribution >= 0.6 is 0 Å². The minimum atomic E-state index is -4.77. The van der Waals surface area contributed by atoms with Crippen molar-refractivity contribution in [3.63, 3.8) is 0 Å². The van der Waals surface area contributed by atoms with Crippen LogP contribution in [0.4, 0.5) is 39.4 Å². The topological polar surface area (TPSA) is 298 Å². The molecule has 1 aliphatic carbocycles. The van der Waals surface area contributed by atoms with Gasteiger partial charge in [-0.2, -0.15) is 10.2 Å². The molecular weight excluding hydrogens is 1560 g/mol. The summed E-state index contributed by atoms with van der Waals surface area (Å²) in [6, 6.07) is 30.9. The monoisotopic (exact) mass is 1660 g/mol. The first-order valence-corrected chi connectivity index (χ1v) is 42.0. The Bertz CT molecular complexity index is 5690. The number of nitrogens with one attached hydrogen (secondary N) is 2. The number of hydrogen-bond acceptors (Lipinski definition) is 19. The number of aliphatic imine (C=N–C) groups is 3. The fraction of sp³-hybridized carbons (Fsp3) is 0.433. The lowest BCUT2D eigenvalue weighted by molar-refractivity contribution is -0.274. The molecule has 8 aliphatic heterocycles. The average molecular weight is 1660 g/mol. The highest BCUT2D eigenvalue weighted by atomic mass is 19.4. The van der Waals surface area contributed by atoms with Crippen LogP contribution in [0.25, 0.3) is 22.1 Å². The van der Waals surface area contributed by atoms with Gasteiger partial charge in [-0.25, -0.2) is 43.1 Å². The van der Waals surface area contributed by atoms with Gasteiger partial charge in [0.05, 0.1) is 48.3 Å². The van der Waals surface area contributed by atoms with Gasteiger partial charge in [0, 0.05) is 156 Å². The minimum absolute atomic E-state index is 0.0694. The average Bonchev–Trinajstić information content (AvgIpc) is 1.67. The highest BCUT2D eigenvalue weighted by Gasteiger charge is 2.35. The second-order valence-corrected chi connectivity index (χ2v) is 31.9. The number of hydrogen-bond donors (Lipinski definition) is 2. The van der Waals surface area contributed by atoms with Gasteiger partial charge in [-0.05, 0) is 155 Å². The number of carbonyl (C=O) groups is 3. The highest BCUT2D eigenvalue weighted by Crippen LogP contribution is 2.40. The summed E-state index contributed by atoms with van der Waals surface area (Å²) in [6.45, 7) is 5.76. The van der Waals surface area contributed by atoms with Gasteiger partial charge in [-0.1, -0.05) is 74.2 Å². The van der Waals surface area contributed by atoms with Crippen molar-refractivity contribution in [1.82, 2.24) is 58.2 Å². The van der Waals surface area contributed by atoms with Crippen LogP contribution < -0.4 is 15.9 Å². The number of ether oxygens (including phenoxy) is 6. The number of benzene rings is 3. The Kier molecular flexibility index (Phi) is 26.5. The Hall–Kier alpha value is -11.4. The maximum Gasteiger partial charge on any atom is 0.573 e. The Balaban J connectivity index is 0.000000113. The first kappa shape index (κ1) is 83.3. The molecule has 121 heavy (non-hydrogen) atoms. The smallest absolute Gasteiger partial charge is 0.405 e. The van der Waals surface area contributed by atoms with Gasteiger partial charge >= 0.3 is 6.36 Å². The van der Waals surface area contributed by atoms with Crippen molar-refractivity contribution in [3.8, 4) is 5.75 Å². The summed E-state index contributed by atoms with van der Waals surface area (Å²) < 4.78 is 106. The Labute approximate surface area is 693 Å². The van der Waals surface area contributed by atoms with E-state index in [9.17, 15) is 45.9 Å². The summed E-state index contributed by atoms with van der Waals surface area (Å²) in [4.78, 5) is 95.5. The first-order valence-electron chi connectivity index (χ1n) is 42.0. The fourth-order valence-electron chi connectivity index (χ4n) is 17.2. The quantitative estimate of drug-likeness (QED) is 0.0850. The number of rotatable bonds is 16. The molecule has 3 aromatic carbocycles. The van der Waals surface area contributed by atoms with Crippen molar-refractivity contribution in [2.75, 3.05) is 52.9 Å². The molecule has 2 atom stereocenters. The lowest BCUT2D eigenvalue weighted by Gasteiger charge is -2.26. The van der Waals surface area contributed by atoms with E-state index in [0.29, 0.717) is 125 Å². The van der Waals surface area contributed by atoms with Gasteiger partial charge < -0.3 is 52.1 Å². The number of aromatic amines is 2. The second kappa shape index (κ2) is 38.6. The maximum atomic E-state index is 13.4. The molecule has 16 heterocycles. The third-order valence-corrected chi connectivity index (χ3v) is 23.3. The molecule has 9 aliphatic rings. The minimum Gasteiger partial charge on any atom is -0.405 e. The van der Waals surface area contributed by atoms with Crippen molar-refractivity contribution < 1.29 is 64.8 Å². The van der Waals surface area contributed by atoms with E-state index in [1.165, 1.54) is 62.1 Å². The summed E-state index contributed by atoms with van der Waals surface area (Å²) in [5, 5.41) is 9.73. The molecule has 31 heteroatoms. The fourth-order valence-corrected chi connectivity index (χ4v) is 17.2. The number of pyridine rings is 1. The molecule has 26 nitrogen and oxygen atoms in total. The van der Waals surface area contributed by atoms with Gasteiger partial charge in [0.2, 0.25) is 0 Å². The van der Waals surface area contributed by atoms with Crippen molar-refractivity contribution in [3.05, 3.63) is 229 Å². The van der Waals surface area contributed by atoms with E-state index in [-0.39, 0.29) is 77.2 Å². The molecule has 0 spiro atoms. The van der Waals surface area contributed by atoms with Gasteiger partial charge in [0.1, 0.15) is 57.3 Å². The van der Waals surface area contributed by atoms with Crippen LogP contribution in [-0.2, 0) is 55.8 Å². The van der Waals surface area contributed by atoms with E-state index in [4.69, 9.17) is 38.7 Å². The number of alkyl halides is 3.